The number of pyridine rings is 1. The minimum atomic E-state index is 0.981. The van der Waals surface area contributed by atoms with E-state index in [9.17, 15) is 0 Å². The standard InChI is InChI=1S/C45H27N3.C3H6/c1-2-12-31(13-3-1)47-39-19-8-6-15-33(39)37-25-28(21-23-41(37)47)29-22-24-42-38(26-29)34-16-7-9-20-40(34)48(42)45-44-36-17-5-4-14-32(36)35-18-10-11-30(27-46-45)43(35)44;1-3-2/h1-27H;3H,1H2,2H3. The van der Waals surface area contributed by atoms with Crippen LogP contribution in [0.5, 0.6) is 0 Å². The number of hydrogen-bond acceptors (Lipinski definition) is 1. The van der Waals surface area contributed by atoms with E-state index in [1.165, 1.54) is 82.4 Å². The summed E-state index contributed by atoms with van der Waals surface area (Å²) in [6.07, 6.45) is 3.79. The Balaban J connectivity index is 0.00000106. The molecule has 1 aliphatic carbocycles. The van der Waals surface area contributed by atoms with Gasteiger partial charge in [-0.25, -0.2) is 4.98 Å². The first-order chi connectivity index (χ1) is 25.2. The quantitative estimate of drug-likeness (QED) is 0.174. The van der Waals surface area contributed by atoms with Crippen molar-refractivity contribution in [2.24, 2.45) is 0 Å². The van der Waals surface area contributed by atoms with E-state index >= 15 is 0 Å². The molecule has 51 heavy (non-hydrogen) atoms. The van der Waals surface area contributed by atoms with Gasteiger partial charge in [0.15, 0.2) is 0 Å². The molecule has 0 bridgehead atoms. The molecule has 0 saturated carbocycles. The highest BCUT2D eigenvalue weighted by Gasteiger charge is 2.27. The second-order valence-electron chi connectivity index (χ2n) is 13.2. The maximum Gasteiger partial charge on any atom is 0.146 e. The van der Waals surface area contributed by atoms with Gasteiger partial charge in [-0.1, -0.05) is 115 Å². The number of aromatic nitrogens is 3. The van der Waals surface area contributed by atoms with Crippen molar-refractivity contribution in [1.82, 2.24) is 14.1 Å². The first kappa shape index (κ1) is 29.2. The predicted octanol–water partition coefficient (Wildman–Crippen LogP) is 12.9. The molecule has 7 aromatic carbocycles. The fourth-order valence-corrected chi connectivity index (χ4v) is 8.24. The van der Waals surface area contributed by atoms with E-state index in [4.69, 9.17) is 4.98 Å². The number of nitrogens with zero attached hydrogens (tertiary/aromatic N) is 3. The molecule has 0 atom stereocenters. The number of hydrogen-bond donors (Lipinski definition) is 0. The van der Waals surface area contributed by atoms with Gasteiger partial charge in [-0.05, 0) is 83.3 Å². The van der Waals surface area contributed by atoms with Crippen molar-refractivity contribution in [3.63, 3.8) is 0 Å². The highest BCUT2D eigenvalue weighted by molar-refractivity contribution is 6.19. The van der Waals surface area contributed by atoms with Gasteiger partial charge in [0.2, 0.25) is 0 Å². The van der Waals surface area contributed by atoms with Crippen LogP contribution in [-0.4, -0.2) is 14.1 Å². The molecule has 0 radical (unpaired) electrons. The Labute approximate surface area is 296 Å². The third kappa shape index (κ3) is 4.28. The third-order valence-corrected chi connectivity index (χ3v) is 10.3. The summed E-state index contributed by atoms with van der Waals surface area (Å²) in [6.45, 7) is 5.25. The second kappa shape index (κ2) is 11.4. The van der Waals surface area contributed by atoms with Crippen LogP contribution >= 0.6 is 0 Å². The molecule has 3 nitrogen and oxygen atoms in total. The van der Waals surface area contributed by atoms with Gasteiger partial charge in [-0.15, -0.1) is 6.58 Å². The third-order valence-electron chi connectivity index (χ3n) is 10.3. The number of fused-ring (bicyclic) bond motifs is 9. The Morgan fingerprint density at radius 3 is 1.71 bits per heavy atom. The van der Waals surface area contributed by atoms with Gasteiger partial charge < -0.3 is 4.57 Å². The largest absolute Gasteiger partial charge is 0.309 e. The van der Waals surface area contributed by atoms with E-state index in [0.29, 0.717) is 0 Å². The lowest BCUT2D eigenvalue weighted by molar-refractivity contribution is 1.09. The molecule has 0 aliphatic heterocycles. The topological polar surface area (TPSA) is 22.8 Å². The normalized spacial score (nSPS) is 11.7. The fraction of sp³-hybridized carbons (Fsp3) is 0.0208. The molecule has 3 heteroatoms. The number of rotatable bonds is 3. The van der Waals surface area contributed by atoms with Crippen molar-refractivity contribution in [2.75, 3.05) is 0 Å². The fourth-order valence-electron chi connectivity index (χ4n) is 8.24. The summed E-state index contributed by atoms with van der Waals surface area (Å²) in [5, 5.41) is 7.43. The summed E-state index contributed by atoms with van der Waals surface area (Å²) in [7, 11) is 0. The summed E-state index contributed by atoms with van der Waals surface area (Å²) in [5.74, 6) is 0.981. The summed E-state index contributed by atoms with van der Waals surface area (Å²) < 4.78 is 4.74. The minimum Gasteiger partial charge on any atom is -0.309 e. The van der Waals surface area contributed by atoms with Crippen LogP contribution in [0.1, 0.15) is 6.92 Å². The van der Waals surface area contributed by atoms with Gasteiger partial charge in [0.25, 0.3) is 0 Å². The average molecular weight is 652 g/mol. The summed E-state index contributed by atoms with van der Waals surface area (Å²) >= 11 is 0. The van der Waals surface area contributed by atoms with Crippen molar-refractivity contribution in [2.45, 2.75) is 6.92 Å². The second-order valence-corrected chi connectivity index (χ2v) is 13.2. The van der Waals surface area contributed by atoms with Crippen LogP contribution in [0.25, 0.3) is 99.3 Å². The van der Waals surface area contributed by atoms with Crippen LogP contribution in [0.2, 0.25) is 0 Å². The summed E-state index contributed by atoms with van der Waals surface area (Å²) in [6, 6.07) is 57.3. The maximum atomic E-state index is 5.18. The molecular weight excluding hydrogens is 619 g/mol. The Morgan fingerprint density at radius 1 is 0.490 bits per heavy atom. The van der Waals surface area contributed by atoms with E-state index in [2.05, 4.69) is 173 Å². The number of benzene rings is 7. The summed E-state index contributed by atoms with van der Waals surface area (Å²) in [5.41, 5.74) is 13.4. The van der Waals surface area contributed by atoms with Crippen LogP contribution < -0.4 is 0 Å². The van der Waals surface area contributed by atoms with E-state index in [0.717, 1.165) is 16.9 Å². The minimum absolute atomic E-state index is 0.981. The van der Waals surface area contributed by atoms with E-state index < -0.39 is 0 Å². The zero-order valence-corrected chi connectivity index (χ0v) is 28.2. The average Bonchev–Trinajstić information content (AvgIpc) is 3.82. The summed E-state index contributed by atoms with van der Waals surface area (Å²) in [4.78, 5) is 5.18. The first-order valence-corrected chi connectivity index (χ1v) is 17.5. The molecule has 0 saturated heterocycles. The Hall–Kier alpha value is -6.71. The molecule has 1 aliphatic rings. The van der Waals surface area contributed by atoms with Crippen molar-refractivity contribution in [3.05, 3.63) is 177 Å². The lowest BCUT2D eigenvalue weighted by atomic mass is 10.0. The molecule has 10 aromatic rings. The molecular formula is C48H33N3. The zero-order chi connectivity index (χ0) is 34.1. The van der Waals surface area contributed by atoms with Crippen molar-refractivity contribution in [3.8, 4) is 44.9 Å². The van der Waals surface area contributed by atoms with Crippen LogP contribution in [-0.2, 0) is 0 Å². The Bertz CT molecular complexity index is 3000. The van der Waals surface area contributed by atoms with Crippen molar-refractivity contribution in [1.29, 1.82) is 0 Å². The Morgan fingerprint density at radius 2 is 1.02 bits per heavy atom. The van der Waals surface area contributed by atoms with Crippen molar-refractivity contribution < 1.29 is 0 Å². The van der Waals surface area contributed by atoms with Gasteiger partial charge in [-0.2, -0.15) is 0 Å². The van der Waals surface area contributed by atoms with Crippen molar-refractivity contribution >= 4 is 54.4 Å². The lowest BCUT2D eigenvalue weighted by Crippen LogP contribution is -2.00. The first-order valence-electron chi connectivity index (χ1n) is 17.5. The molecule has 3 heterocycles. The molecule has 240 valence electrons. The molecule has 0 spiro atoms. The molecule has 0 N–H and O–H groups in total. The smallest absolute Gasteiger partial charge is 0.146 e. The lowest BCUT2D eigenvalue weighted by Gasteiger charge is -2.13. The maximum absolute atomic E-state index is 5.18. The molecule has 3 aromatic heterocycles. The van der Waals surface area contributed by atoms with Crippen LogP contribution in [0.3, 0.4) is 0 Å². The SMILES string of the molecule is C=CC.c1ccc(-n2c3ccccc3c3cc(-c4ccc5c(c4)c4ccccc4n5-c4ncc5cccc6c5c4-c4ccccc4-6)ccc32)cc1. The molecule has 0 fully saturated rings. The Kier molecular flexibility index (Phi) is 6.55. The monoisotopic (exact) mass is 651 g/mol. The van der Waals surface area contributed by atoms with Gasteiger partial charge in [0, 0.05) is 49.8 Å². The van der Waals surface area contributed by atoms with E-state index in [1.54, 1.807) is 6.08 Å². The van der Waals surface area contributed by atoms with E-state index in [1.807, 2.05) is 13.1 Å². The van der Waals surface area contributed by atoms with E-state index in [-0.39, 0.29) is 0 Å². The molecule has 0 unspecified atom stereocenters. The zero-order valence-electron chi connectivity index (χ0n) is 28.2. The molecule has 11 rings (SSSR count). The van der Waals surface area contributed by atoms with Crippen LogP contribution in [0, 0.1) is 0 Å². The van der Waals surface area contributed by atoms with Crippen LogP contribution in [0.4, 0.5) is 0 Å². The van der Waals surface area contributed by atoms with Gasteiger partial charge >= 0.3 is 0 Å². The number of allylic oxidation sites excluding steroid dienone is 1. The van der Waals surface area contributed by atoms with Crippen LogP contribution in [0.15, 0.2) is 177 Å². The van der Waals surface area contributed by atoms with Gasteiger partial charge in [-0.3, -0.25) is 4.57 Å². The van der Waals surface area contributed by atoms with Gasteiger partial charge in [0.05, 0.1) is 22.1 Å². The highest BCUT2D eigenvalue weighted by Crippen LogP contribution is 2.50. The molecule has 0 amide bonds. The number of para-hydroxylation sites is 3. The predicted molar refractivity (Wildman–Crippen MR) is 216 cm³/mol. The highest BCUT2D eigenvalue weighted by atomic mass is 15.1. The van der Waals surface area contributed by atoms with Gasteiger partial charge in [0.1, 0.15) is 5.82 Å².